The van der Waals surface area contributed by atoms with Crippen LogP contribution in [0.1, 0.15) is 11.1 Å². The molecule has 1 aliphatic rings. The topological polar surface area (TPSA) is 38.3 Å². The number of carbonyl (C=O) groups excluding carboxylic acids is 1. The van der Waals surface area contributed by atoms with Crippen LogP contribution in [0.3, 0.4) is 0 Å². The lowest BCUT2D eigenvalue weighted by Gasteiger charge is -2.11. The van der Waals surface area contributed by atoms with Crippen molar-refractivity contribution in [1.82, 2.24) is 5.32 Å². The molecule has 21 heavy (non-hydrogen) atoms. The number of hydrogen-bond acceptors (Lipinski definition) is 4. The van der Waals surface area contributed by atoms with Crippen LogP contribution >= 0.6 is 23.1 Å². The number of rotatable bonds is 6. The average Bonchev–Trinajstić information content (AvgIpc) is 3.15. The van der Waals surface area contributed by atoms with Crippen LogP contribution in [-0.2, 0) is 17.0 Å². The highest BCUT2D eigenvalue weighted by Gasteiger charge is 2.28. The molecule has 0 bridgehead atoms. The molecule has 0 aliphatic carbocycles. The number of hydrogen-bond donors (Lipinski definition) is 1. The zero-order valence-electron chi connectivity index (χ0n) is 11.6. The summed E-state index contributed by atoms with van der Waals surface area (Å²) < 4.78 is 5.67. The van der Waals surface area contributed by atoms with Crippen molar-refractivity contribution in [1.29, 1.82) is 0 Å². The van der Waals surface area contributed by atoms with E-state index in [0.29, 0.717) is 13.0 Å². The van der Waals surface area contributed by atoms with E-state index in [-0.39, 0.29) is 12.0 Å². The van der Waals surface area contributed by atoms with E-state index in [0.717, 1.165) is 22.8 Å². The second-order valence-electron chi connectivity index (χ2n) is 4.89. The van der Waals surface area contributed by atoms with E-state index in [9.17, 15) is 4.79 Å². The molecule has 0 fully saturated rings. The Morgan fingerprint density at radius 2 is 2.29 bits per heavy atom. The summed E-state index contributed by atoms with van der Waals surface area (Å²) in [5.41, 5.74) is 2.47. The number of nitrogens with one attached hydrogen (secondary N) is 1. The molecule has 0 spiro atoms. The summed E-state index contributed by atoms with van der Waals surface area (Å²) in [5, 5.41) is 7.21. The summed E-state index contributed by atoms with van der Waals surface area (Å²) in [6.07, 6.45) is 0.300. The molecule has 2 heterocycles. The fourth-order valence-electron chi connectivity index (χ4n) is 2.25. The van der Waals surface area contributed by atoms with Crippen LogP contribution in [0.2, 0.25) is 0 Å². The third-order valence-electron chi connectivity index (χ3n) is 3.33. The first-order valence-electron chi connectivity index (χ1n) is 6.94. The smallest absolute Gasteiger partial charge is 0.261 e. The van der Waals surface area contributed by atoms with Crippen molar-refractivity contribution in [2.24, 2.45) is 0 Å². The van der Waals surface area contributed by atoms with Gasteiger partial charge in [-0.3, -0.25) is 4.79 Å². The van der Waals surface area contributed by atoms with E-state index in [4.69, 9.17) is 4.74 Å². The lowest BCUT2D eigenvalue weighted by molar-refractivity contribution is -0.127. The normalized spacial score (nSPS) is 16.3. The largest absolute Gasteiger partial charge is 0.480 e. The predicted octanol–water partition coefficient (Wildman–Crippen LogP) is 3.10. The van der Waals surface area contributed by atoms with Gasteiger partial charge in [0, 0.05) is 24.5 Å². The van der Waals surface area contributed by atoms with Crippen molar-refractivity contribution >= 4 is 29.0 Å². The maximum absolute atomic E-state index is 12.1. The number of benzene rings is 1. The molecule has 0 unspecified atom stereocenters. The zero-order valence-corrected chi connectivity index (χ0v) is 13.2. The number of para-hydroxylation sites is 1. The van der Waals surface area contributed by atoms with Gasteiger partial charge in [-0.15, -0.1) is 0 Å². The zero-order chi connectivity index (χ0) is 14.5. The molecule has 1 N–H and O–H groups in total. The minimum Gasteiger partial charge on any atom is -0.480 e. The minimum atomic E-state index is -0.371. The van der Waals surface area contributed by atoms with Gasteiger partial charge in [0.1, 0.15) is 5.75 Å². The fraction of sp³-hybridized carbons (Fsp3) is 0.312. The molecular weight excluding hydrogens is 302 g/mol. The van der Waals surface area contributed by atoms with Gasteiger partial charge in [0.2, 0.25) is 0 Å². The first kappa shape index (κ1) is 14.5. The van der Waals surface area contributed by atoms with Crippen LogP contribution in [0.15, 0.2) is 41.1 Å². The molecule has 3 rings (SSSR count). The Morgan fingerprint density at radius 1 is 1.38 bits per heavy atom. The predicted molar refractivity (Wildman–Crippen MR) is 88.1 cm³/mol. The van der Waals surface area contributed by atoms with Gasteiger partial charge < -0.3 is 10.1 Å². The van der Waals surface area contributed by atoms with Crippen LogP contribution in [0.4, 0.5) is 0 Å². The van der Waals surface area contributed by atoms with E-state index in [1.54, 1.807) is 11.3 Å². The molecule has 3 nitrogen and oxygen atoms in total. The third kappa shape index (κ3) is 3.80. The summed E-state index contributed by atoms with van der Waals surface area (Å²) in [6, 6.07) is 9.97. The Bertz CT molecular complexity index is 573. The summed E-state index contributed by atoms with van der Waals surface area (Å²) in [6.45, 7) is 0.684. The van der Waals surface area contributed by atoms with Crippen LogP contribution in [-0.4, -0.2) is 24.3 Å². The number of thiophene rings is 1. The van der Waals surface area contributed by atoms with Crippen molar-refractivity contribution in [3.63, 3.8) is 0 Å². The molecule has 1 aromatic heterocycles. The maximum atomic E-state index is 12.1. The van der Waals surface area contributed by atoms with Gasteiger partial charge in [-0.2, -0.15) is 23.1 Å². The number of fused-ring (bicyclic) bond motifs is 1. The molecular formula is C16H17NO2S2. The van der Waals surface area contributed by atoms with Crippen molar-refractivity contribution in [3.8, 4) is 5.75 Å². The highest BCUT2D eigenvalue weighted by Crippen LogP contribution is 2.28. The fourth-order valence-corrected chi connectivity index (χ4v) is 3.83. The Hall–Kier alpha value is -1.46. The Labute approximate surface area is 132 Å². The molecule has 1 aromatic carbocycles. The van der Waals surface area contributed by atoms with E-state index in [1.807, 2.05) is 36.0 Å². The number of amides is 1. The van der Waals surface area contributed by atoms with Crippen LogP contribution < -0.4 is 10.1 Å². The third-order valence-corrected chi connectivity index (χ3v) is 5.10. The highest BCUT2D eigenvalue weighted by molar-refractivity contribution is 7.98. The number of ether oxygens (including phenoxy) is 1. The SMILES string of the molecule is O=C(NCCSCc1ccsc1)[C@H]1Cc2ccccc2O1. The molecule has 0 saturated carbocycles. The van der Waals surface area contributed by atoms with Crippen molar-refractivity contribution in [3.05, 3.63) is 52.2 Å². The lowest BCUT2D eigenvalue weighted by atomic mass is 10.1. The average molecular weight is 319 g/mol. The Balaban J connectivity index is 1.36. The molecule has 5 heteroatoms. The second-order valence-corrected chi connectivity index (χ2v) is 6.78. The van der Waals surface area contributed by atoms with Crippen molar-refractivity contribution < 1.29 is 9.53 Å². The van der Waals surface area contributed by atoms with Crippen LogP contribution in [0.25, 0.3) is 0 Å². The van der Waals surface area contributed by atoms with E-state index in [1.165, 1.54) is 5.56 Å². The van der Waals surface area contributed by atoms with Gasteiger partial charge >= 0.3 is 0 Å². The molecule has 0 saturated heterocycles. The molecule has 1 aliphatic heterocycles. The number of thioether (sulfide) groups is 1. The van der Waals surface area contributed by atoms with Crippen molar-refractivity contribution in [2.45, 2.75) is 18.3 Å². The Kier molecular flexibility index (Phi) is 4.83. The highest BCUT2D eigenvalue weighted by atomic mass is 32.2. The maximum Gasteiger partial charge on any atom is 0.261 e. The molecule has 1 atom stereocenters. The summed E-state index contributed by atoms with van der Waals surface area (Å²) >= 11 is 3.55. The second kappa shape index (κ2) is 7.00. The van der Waals surface area contributed by atoms with Gasteiger partial charge in [-0.1, -0.05) is 18.2 Å². The first-order valence-corrected chi connectivity index (χ1v) is 9.04. The van der Waals surface area contributed by atoms with Crippen molar-refractivity contribution in [2.75, 3.05) is 12.3 Å². The first-order chi connectivity index (χ1) is 10.3. The molecule has 0 radical (unpaired) electrons. The quantitative estimate of drug-likeness (QED) is 0.832. The molecule has 1 amide bonds. The standard InChI is InChI=1S/C16H17NO2S2/c18-16(15-9-13-3-1-2-4-14(13)19-15)17-6-8-21-11-12-5-7-20-10-12/h1-5,7,10,15H,6,8-9,11H2,(H,17,18)/t15-/m1/s1. The van der Waals surface area contributed by atoms with Gasteiger partial charge in [-0.25, -0.2) is 0 Å². The lowest BCUT2D eigenvalue weighted by Crippen LogP contribution is -2.38. The summed E-state index contributed by atoms with van der Waals surface area (Å²) in [5.74, 6) is 2.75. The van der Waals surface area contributed by atoms with Gasteiger partial charge in [0.05, 0.1) is 0 Å². The summed E-state index contributed by atoms with van der Waals surface area (Å²) in [7, 11) is 0. The van der Waals surface area contributed by atoms with Crippen LogP contribution in [0, 0.1) is 0 Å². The molecule has 110 valence electrons. The monoisotopic (exact) mass is 319 g/mol. The number of carbonyl (C=O) groups is 1. The van der Waals surface area contributed by atoms with Gasteiger partial charge in [-0.05, 0) is 34.0 Å². The van der Waals surface area contributed by atoms with E-state index in [2.05, 4.69) is 22.1 Å². The minimum absolute atomic E-state index is 0.0117. The summed E-state index contributed by atoms with van der Waals surface area (Å²) in [4.78, 5) is 12.1. The van der Waals surface area contributed by atoms with Gasteiger partial charge in [0.25, 0.3) is 5.91 Å². The van der Waals surface area contributed by atoms with Gasteiger partial charge in [0.15, 0.2) is 6.10 Å². The van der Waals surface area contributed by atoms with E-state index >= 15 is 0 Å². The Morgan fingerprint density at radius 3 is 3.10 bits per heavy atom. The molecule has 2 aromatic rings. The van der Waals surface area contributed by atoms with Crippen LogP contribution in [0.5, 0.6) is 5.75 Å². The van der Waals surface area contributed by atoms with E-state index < -0.39 is 0 Å².